The van der Waals surface area contributed by atoms with Crippen molar-refractivity contribution in [2.45, 2.75) is 13.3 Å². The number of hydrogen-bond donors (Lipinski definition) is 2. The largest absolute Gasteiger partial charge is 0.399 e. The summed E-state index contributed by atoms with van der Waals surface area (Å²) in [4.78, 5) is 11.6. The molecule has 0 radical (unpaired) electrons. The maximum Gasteiger partial charge on any atom is 0.228 e. The maximum atomic E-state index is 11.6. The first-order valence-electron chi connectivity index (χ1n) is 5.73. The molecule has 1 amide bonds. The van der Waals surface area contributed by atoms with E-state index < -0.39 is 0 Å². The zero-order valence-electron chi connectivity index (χ0n) is 10.5. The van der Waals surface area contributed by atoms with Gasteiger partial charge in [0.15, 0.2) is 0 Å². The van der Waals surface area contributed by atoms with Crippen LogP contribution in [0.25, 0.3) is 0 Å². The van der Waals surface area contributed by atoms with E-state index in [0.29, 0.717) is 12.1 Å². The van der Waals surface area contributed by atoms with E-state index in [9.17, 15) is 4.79 Å². The third-order valence-corrected chi connectivity index (χ3v) is 2.26. The quantitative estimate of drug-likeness (QED) is 0.780. The summed E-state index contributed by atoms with van der Waals surface area (Å²) in [6.45, 7) is 5.54. The second-order valence-electron chi connectivity index (χ2n) is 3.92. The number of carbonyl (C=O) groups is 1. The molecule has 18 heavy (non-hydrogen) atoms. The highest BCUT2D eigenvalue weighted by molar-refractivity contribution is 5.91. The lowest BCUT2D eigenvalue weighted by molar-refractivity contribution is -0.115. The Labute approximate surface area is 108 Å². The van der Waals surface area contributed by atoms with E-state index in [1.165, 1.54) is 0 Å². The summed E-state index contributed by atoms with van der Waals surface area (Å²) in [6, 6.07) is 7.67. The summed E-state index contributed by atoms with van der Waals surface area (Å²) in [5.74, 6) is -0.0680. The minimum absolute atomic E-state index is 0.0680. The van der Waals surface area contributed by atoms with Gasteiger partial charge in [0.05, 0.1) is 0 Å². The predicted molar refractivity (Wildman–Crippen MR) is 76.0 cm³/mol. The summed E-state index contributed by atoms with van der Waals surface area (Å²) in [6.07, 6.45) is 6.98. The Morgan fingerprint density at radius 1 is 1.39 bits per heavy atom. The first-order chi connectivity index (χ1) is 8.61. The Hall–Kier alpha value is -2.29. The molecule has 3 nitrogen and oxygen atoms in total. The monoisotopic (exact) mass is 242 g/mol. The summed E-state index contributed by atoms with van der Waals surface area (Å²) in [5.41, 5.74) is 8.15. The second-order valence-corrected chi connectivity index (χ2v) is 3.92. The van der Waals surface area contributed by atoms with Crippen molar-refractivity contribution in [3.63, 3.8) is 0 Å². The zero-order chi connectivity index (χ0) is 13.4. The van der Waals surface area contributed by atoms with Crippen LogP contribution in [-0.4, -0.2) is 5.91 Å². The van der Waals surface area contributed by atoms with Gasteiger partial charge in [0.2, 0.25) is 5.91 Å². The van der Waals surface area contributed by atoms with Gasteiger partial charge in [0.1, 0.15) is 0 Å². The van der Waals surface area contributed by atoms with E-state index in [-0.39, 0.29) is 5.91 Å². The molecule has 0 aliphatic rings. The van der Waals surface area contributed by atoms with Crippen LogP contribution >= 0.6 is 0 Å². The summed E-state index contributed by atoms with van der Waals surface area (Å²) < 4.78 is 0. The summed E-state index contributed by atoms with van der Waals surface area (Å²) in [5, 5.41) is 2.80. The van der Waals surface area contributed by atoms with Crippen LogP contribution in [0.1, 0.15) is 12.0 Å². The van der Waals surface area contributed by atoms with Crippen LogP contribution in [0.15, 0.2) is 60.8 Å². The fourth-order valence-electron chi connectivity index (χ4n) is 1.34. The number of nitrogens with two attached hydrogens (primary N) is 1. The Morgan fingerprint density at radius 3 is 2.67 bits per heavy atom. The standard InChI is InChI=1S/C15H18N2O/c1-3-5-13(16)6-4-7-15(18)17-14-10-8-12(2)9-11-14/h3-6,8-11H,1,7,16H2,2H3,(H,17,18)/b6-4-,13-5+. The van der Waals surface area contributed by atoms with Crippen LogP contribution in [0.3, 0.4) is 0 Å². The summed E-state index contributed by atoms with van der Waals surface area (Å²) in [7, 11) is 0. The van der Waals surface area contributed by atoms with Gasteiger partial charge in [-0.1, -0.05) is 36.4 Å². The molecule has 1 aromatic carbocycles. The Morgan fingerprint density at radius 2 is 2.06 bits per heavy atom. The summed E-state index contributed by atoms with van der Waals surface area (Å²) >= 11 is 0. The zero-order valence-corrected chi connectivity index (χ0v) is 10.5. The third-order valence-electron chi connectivity index (χ3n) is 2.26. The maximum absolute atomic E-state index is 11.6. The van der Waals surface area contributed by atoms with Crippen molar-refractivity contribution in [1.82, 2.24) is 0 Å². The third kappa shape index (κ3) is 5.16. The molecule has 0 heterocycles. The van der Waals surface area contributed by atoms with Crippen LogP contribution in [0, 0.1) is 6.92 Å². The van der Waals surface area contributed by atoms with Crippen molar-refractivity contribution in [2.75, 3.05) is 5.32 Å². The Bertz CT molecular complexity index is 470. The van der Waals surface area contributed by atoms with Gasteiger partial charge in [-0.3, -0.25) is 4.79 Å². The molecule has 0 aromatic heterocycles. The molecule has 0 bridgehead atoms. The van der Waals surface area contributed by atoms with Crippen molar-refractivity contribution in [3.05, 3.63) is 66.4 Å². The van der Waals surface area contributed by atoms with Gasteiger partial charge < -0.3 is 11.1 Å². The SMILES string of the molecule is C=C/C=C(N)\C=C/CC(=O)Nc1ccc(C)cc1. The molecule has 1 aromatic rings. The molecular weight excluding hydrogens is 224 g/mol. The lowest BCUT2D eigenvalue weighted by Crippen LogP contribution is -2.09. The topological polar surface area (TPSA) is 55.1 Å². The van der Waals surface area contributed by atoms with E-state index in [1.807, 2.05) is 31.2 Å². The molecule has 0 aliphatic carbocycles. The Balaban J connectivity index is 2.45. The van der Waals surface area contributed by atoms with Crippen molar-refractivity contribution in [3.8, 4) is 0 Å². The molecule has 1 rings (SSSR count). The molecule has 0 fully saturated rings. The van der Waals surface area contributed by atoms with E-state index in [1.54, 1.807) is 24.3 Å². The highest BCUT2D eigenvalue weighted by Gasteiger charge is 1.98. The molecule has 0 aliphatic heterocycles. The van der Waals surface area contributed by atoms with Crippen LogP contribution in [0.5, 0.6) is 0 Å². The number of carbonyl (C=O) groups excluding carboxylic acids is 1. The van der Waals surface area contributed by atoms with E-state index >= 15 is 0 Å². The first kappa shape index (κ1) is 13.8. The van der Waals surface area contributed by atoms with Crippen LogP contribution in [-0.2, 0) is 4.79 Å². The molecule has 94 valence electrons. The number of hydrogen-bond acceptors (Lipinski definition) is 2. The second kappa shape index (κ2) is 7.12. The predicted octanol–water partition coefficient (Wildman–Crippen LogP) is 2.91. The molecular formula is C15H18N2O. The van der Waals surface area contributed by atoms with Crippen LogP contribution in [0.4, 0.5) is 5.69 Å². The average Bonchev–Trinajstić information content (AvgIpc) is 2.32. The van der Waals surface area contributed by atoms with Gasteiger partial charge >= 0.3 is 0 Å². The number of anilines is 1. The highest BCUT2D eigenvalue weighted by Crippen LogP contribution is 2.08. The fraction of sp³-hybridized carbons (Fsp3) is 0.133. The van der Waals surface area contributed by atoms with Gasteiger partial charge in [0, 0.05) is 17.8 Å². The van der Waals surface area contributed by atoms with Crippen molar-refractivity contribution < 1.29 is 4.79 Å². The van der Waals surface area contributed by atoms with Crippen LogP contribution in [0.2, 0.25) is 0 Å². The molecule has 3 heteroatoms. The van der Waals surface area contributed by atoms with Crippen molar-refractivity contribution >= 4 is 11.6 Å². The smallest absolute Gasteiger partial charge is 0.228 e. The van der Waals surface area contributed by atoms with Crippen molar-refractivity contribution in [2.24, 2.45) is 5.73 Å². The molecule has 3 N–H and O–H groups in total. The van der Waals surface area contributed by atoms with Crippen molar-refractivity contribution in [1.29, 1.82) is 0 Å². The highest BCUT2D eigenvalue weighted by atomic mass is 16.1. The molecule has 0 unspecified atom stereocenters. The minimum Gasteiger partial charge on any atom is -0.399 e. The number of allylic oxidation sites excluding steroid dienone is 3. The Kier molecular flexibility index (Phi) is 5.45. The van der Waals surface area contributed by atoms with E-state index in [4.69, 9.17) is 5.73 Å². The van der Waals surface area contributed by atoms with E-state index in [0.717, 1.165) is 11.3 Å². The first-order valence-corrected chi connectivity index (χ1v) is 5.73. The van der Waals surface area contributed by atoms with Gasteiger partial charge in [0.25, 0.3) is 0 Å². The molecule has 0 saturated heterocycles. The molecule has 0 atom stereocenters. The number of amides is 1. The average molecular weight is 242 g/mol. The van der Waals surface area contributed by atoms with Crippen LogP contribution < -0.4 is 11.1 Å². The normalized spacial score (nSPS) is 11.5. The minimum atomic E-state index is -0.0680. The van der Waals surface area contributed by atoms with Gasteiger partial charge in [-0.15, -0.1) is 0 Å². The lowest BCUT2D eigenvalue weighted by atomic mass is 10.2. The molecule has 0 spiro atoms. The number of aryl methyl sites for hydroxylation is 1. The van der Waals surface area contributed by atoms with Gasteiger partial charge in [-0.2, -0.15) is 0 Å². The van der Waals surface area contributed by atoms with Gasteiger partial charge in [-0.05, 0) is 31.2 Å². The lowest BCUT2D eigenvalue weighted by Gasteiger charge is -2.03. The molecule has 0 saturated carbocycles. The van der Waals surface area contributed by atoms with E-state index in [2.05, 4.69) is 11.9 Å². The number of rotatable bonds is 5. The fourth-order valence-corrected chi connectivity index (χ4v) is 1.34. The van der Waals surface area contributed by atoms with Gasteiger partial charge in [-0.25, -0.2) is 0 Å². The number of nitrogens with one attached hydrogen (secondary N) is 1. The number of benzene rings is 1.